The van der Waals surface area contributed by atoms with Crippen LogP contribution in [-0.2, 0) is 10.0 Å². The molecule has 2 N–H and O–H groups in total. The van der Waals surface area contributed by atoms with Crippen molar-refractivity contribution < 1.29 is 13.2 Å². The number of primary sulfonamides is 1. The third-order valence-electron chi connectivity index (χ3n) is 2.42. The Morgan fingerprint density at radius 2 is 1.76 bits per heavy atom. The third kappa shape index (κ3) is 5.19. The minimum Gasteiger partial charge on any atom is -0.494 e. The molecule has 96 valence electrons. The molecule has 0 spiro atoms. The maximum Gasteiger partial charge on any atom is 0.238 e. The second-order valence-corrected chi connectivity index (χ2v) is 5.49. The molecular weight excluding hydrogens is 238 g/mol. The second kappa shape index (κ2) is 6.61. The SMILES string of the molecule is CCCCCCOc1ccc(S(N)(=O)=O)cc1. The van der Waals surface area contributed by atoms with Gasteiger partial charge in [-0.15, -0.1) is 0 Å². The van der Waals surface area contributed by atoms with Gasteiger partial charge in [-0.05, 0) is 30.7 Å². The van der Waals surface area contributed by atoms with Gasteiger partial charge >= 0.3 is 0 Å². The van der Waals surface area contributed by atoms with Gasteiger partial charge in [0.1, 0.15) is 5.75 Å². The maximum absolute atomic E-state index is 11.0. The summed E-state index contributed by atoms with van der Waals surface area (Å²) in [5.41, 5.74) is 0. The summed E-state index contributed by atoms with van der Waals surface area (Å²) in [6, 6.07) is 6.16. The Morgan fingerprint density at radius 1 is 1.12 bits per heavy atom. The number of benzene rings is 1. The van der Waals surface area contributed by atoms with Crippen molar-refractivity contribution in [2.24, 2.45) is 5.14 Å². The highest BCUT2D eigenvalue weighted by molar-refractivity contribution is 7.89. The number of hydrogen-bond donors (Lipinski definition) is 1. The highest BCUT2D eigenvalue weighted by Crippen LogP contribution is 2.15. The van der Waals surface area contributed by atoms with E-state index < -0.39 is 10.0 Å². The van der Waals surface area contributed by atoms with Crippen molar-refractivity contribution in [1.29, 1.82) is 0 Å². The number of nitrogens with two attached hydrogens (primary N) is 1. The number of rotatable bonds is 7. The normalized spacial score (nSPS) is 11.4. The maximum atomic E-state index is 11.0. The molecule has 0 radical (unpaired) electrons. The van der Waals surface area contributed by atoms with Crippen LogP contribution in [0.1, 0.15) is 32.6 Å². The first-order valence-electron chi connectivity index (χ1n) is 5.79. The van der Waals surface area contributed by atoms with Crippen LogP contribution in [0.15, 0.2) is 29.2 Å². The van der Waals surface area contributed by atoms with E-state index in [1.54, 1.807) is 12.1 Å². The van der Waals surface area contributed by atoms with Crippen molar-refractivity contribution in [3.05, 3.63) is 24.3 Å². The van der Waals surface area contributed by atoms with Crippen LogP contribution in [0.5, 0.6) is 5.75 Å². The van der Waals surface area contributed by atoms with Crippen LogP contribution in [0.25, 0.3) is 0 Å². The summed E-state index contributed by atoms with van der Waals surface area (Å²) in [6.07, 6.45) is 4.59. The van der Waals surface area contributed by atoms with Crippen molar-refractivity contribution in [2.75, 3.05) is 6.61 Å². The quantitative estimate of drug-likeness (QED) is 0.762. The predicted octanol–water partition coefficient (Wildman–Crippen LogP) is 2.29. The molecule has 1 aromatic rings. The second-order valence-electron chi connectivity index (χ2n) is 3.93. The smallest absolute Gasteiger partial charge is 0.238 e. The summed E-state index contributed by atoms with van der Waals surface area (Å²) in [4.78, 5) is 0.107. The fourth-order valence-electron chi connectivity index (χ4n) is 1.44. The molecular formula is C12H19NO3S. The van der Waals surface area contributed by atoms with E-state index in [4.69, 9.17) is 9.88 Å². The van der Waals surface area contributed by atoms with Crippen molar-refractivity contribution in [2.45, 2.75) is 37.5 Å². The van der Waals surface area contributed by atoms with Crippen molar-refractivity contribution in [1.82, 2.24) is 0 Å². The van der Waals surface area contributed by atoms with Gasteiger partial charge in [0.2, 0.25) is 10.0 Å². The molecule has 1 aromatic carbocycles. The van der Waals surface area contributed by atoms with E-state index in [1.165, 1.54) is 25.0 Å². The van der Waals surface area contributed by atoms with Gasteiger partial charge in [0, 0.05) is 0 Å². The minimum atomic E-state index is -3.61. The zero-order valence-electron chi connectivity index (χ0n) is 10.1. The number of sulfonamides is 1. The zero-order valence-corrected chi connectivity index (χ0v) is 10.9. The Bertz CT molecular complexity index is 426. The van der Waals surface area contributed by atoms with E-state index >= 15 is 0 Å². The third-order valence-corrected chi connectivity index (χ3v) is 3.35. The van der Waals surface area contributed by atoms with Crippen molar-refractivity contribution in [3.8, 4) is 5.75 Å². The Hall–Kier alpha value is -1.07. The van der Waals surface area contributed by atoms with Crippen LogP contribution >= 0.6 is 0 Å². The molecule has 4 nitrogen and oxygen atoms in total. The Morgan fingerprint density at radius 3 is 2.29 bits per heavy atom. The summed E-state index contributed by atoms with van der Waals surface area (Å²) < 4.78 is 27.5. The molecule has 0 unspecified atom stereocenters. The van der Waals surface area contributed by atoms with E-state index in [9.17, 15) is 8.42 Å². The standard InChI is InChI=1S/C12H19NO3S/c1-2-3-4-5-10-16-11-6-8-12(9-7-11)17(13,14)15/h6-9H,2-5,10H2,1H3,(H2,13,14,15). The van der Waals surface area contributed by atoms with Gasteiger partial charge in [-0.25, -0.2) is 13.6 Å². The van der Waals surface area contributed by atoms with Gasteiger partial charge in [-0.3, -0.25) is 0 Å². The minimum absolute atomic E-state index is 0.107. The summed E-state index contributed by atoms with van der Waals surface area (Å²) >= 11 is 0. The van der Waals surface area contributed by atoms with Crippen molar-refractivity contribution >= 4 is 10.0 Å². The van der Waals surface area contributed by atoms with E-state index in [1.807, 2.05) is 0 Å². The van der Waals surface area contributed by atoms with Gasteiger partial charge in [-0.1, -0.05) is 26.2 Å². The Kier molecular flexibility index (Phi) is 5.44. The monoisotopic (exact) mass is 257 g/mol. The lowest BCUT2D eigenvalue weighted by Crippen LogP contribution is -2.11. The van der Waals surface area contributed by atoms with Gasteiger partial charge in [0.25, 0.3) is 0 Å². The molecule has 0 aliphatic heterocycles. The van der Waals surface area contributed by atoms with Crippen LogP contribution in [0.3, 0.4) is 0 Å². The number of hydrogen-bond acceptors (Lipinski definition) is 3. The molecule has 0 aliphatic rings. The highest BCUT2D eigenvalue weighted by atomic mass is 32.2. The van der Waals surface area contributed by atoms with Gasteiger partial charge in [0.05, 0.1) is 11.5 Å². The van der Waals surface area contributed by atoms with Crippen LogP contribution in [-0.4, -0.2) is 15.0 Å². The Labute approximate surface area is 103 Å². The highest BCUT2D eigenvalue weighted by Gasteiger charge is 2.06. The Balaban J connectivity index is 2.41. The first-order valence-corrected chi connectivity index (χ1v) is 7.34. The first kappa shape index (κ1) is 14.0. The van der Waals surface area contributed by atoms with Gasteiger partial charge < -0.3 is 4.74 Å². The molecule has 0 fully saturated rings. The predicted molar refractivity (Wildman–Crippen MR) is 67.5 cm³/mol. The summed E-state index contributed by atoms with van der Waals surface area (Å²) in [5, 5.41) is 4.99. The van der Waals surface area contributed by atoms with E-state index in [0.717, 1.165) is 12.8 Å². The lowest BCUT2D eigenvalue weighted by Gasteiger charge is -2.06. The summed E-state index contributed by atoms with van der Waals surface area (Å²) in [5.74, 6) is 0.675. The number of ether oxygens (including phenoxy) is 1. The van der Waals surface area contributed by atoms with Gasteiger partial charge in [0.15, 0.2) is 0 Å². The molecule has 0 heterocycles. The average Bonchev–Trinajstić information content (AvgIpc) is 2.28. The van der Waals surface area contributed by atoms with E-state index in [0.29, 0.717) is 12.4 Å². The largest absolute Gasteiger partial charge is 0.494 e. The molecule has 0 amide bonds. The lowest BCUT2D eigenvalue weighted by atomic mass is 10.2. The van der Waals surface area contributed by atoms with Gasteiger partial charge in [-0.2, -0.15) is 0 Å². The van der Waals surface area contributed by atoms with E-state index in [-0.39, 0.29) is 4.90 Å². The first-order chi connectivity index (χ1) is 8.04. The molecule has 0 aromatic heterocycles. The summed E-state index contributed by atoms with van der Waals surface area (Å²) in [6.45, 7) is 2.82. The molecule has 0 bridgehead atoms. The van der Waals surface area contributed by atoms with E-state index in [2.05, 4.69) is 6.92 Å². The topological polar surface area (TPSA) is 69.4 Å². The molecule has 0 aliphatic carbocycles. The lowest BCUT2D eigenvalue weighted by molar-refractivity contribution is 0.305. The van der Waals surface area contributed by atoms with Crippen LogP contribution < -0.4 is 9.88 Å². The molecule has 0 saturated carbocycles. The summed E-state index contributed by atoms with van der Waals surface area (Å²) in [7, 11) is -3.61. The fourth-order valence-corrected chi connectivity index (χ4v) is 1.96. The number of unbranched alkanes of at least 4 members (excludes halogenated alkanes) is 3. The molecule has 0 saturated heterocycles. The van der Waals surface area contributed by atoms with Crippen LogP contribution in [0, 0.1) is 0 Å². The molecule has 1 rings (SSSR count). The molecule has 0 atom stereocenters. The van der Waals surface area contributed by atoms with Crippen LogP contribution in [0.2, 0.25) is 0 Å². The molecule has 5 heteroatoms. The average molecular weight is 257 g/mol. The van der Waals surface area contributed by atoms with Crippen LogP contribution in [0.4, 0.5) is 0 Å². The molecule has 17 heavy (non-hydrogen) atoms. The van der Waals surface area contributed by atoms with Crippen molar-refractivity contribution in [3.63, 3.8) is 0 Å². The fraction of sp³-hybridized carbons (Fsp3) is 0.500. The zero-order chi connectivity index (χ0) is 12.7.